The van der Waals surface area contributed by atoms with Crippen molar-refractivity contribution in [2.24, 2.45) is 0 Å². The van der Waals surface area contributed by atoms with E-state index in [9.17, 15) is 5.11 Å². The first-order valence-electron chi connectivity index (χ1n) is 5.60. The van der Waals surface area contributed by atoms with Crippen molar-refractivity contribution in [3.8, 4) is 5.75 Å². The van der Waals surface area contributed by atoms with E-state index in [1.54, 1.807) is 7.11 Å². The van der Waals surface area contributed by atoms with Gasteiger partial charge in [-0.3, -0.25) is 0 Å². The second-order valence-electron chi connectivity index (χ2n) is 3.77. The molecule has 17 heavy (non-hydrogen) atoms. The second-order valence-corrected chi connectivity index (χ2v) is 3.77. The van der Waals surface area contributed by atoms with E-state index >= 15 is 0 Å². The summed E-state index contributed by atoms with van der Waals surface area (Å²) in [7, 11) is 1.64. The molecule has 1 N–H and O–H groups in total. The molecule has 0 amide bonds. The lowest BCUT2D eigenvalue weighted by molar-refractivity contribution is 0.145. The Bertz CT molecular complexity index is 494. The van der Waals surface area contributed by atoms with Crippen LogP contribution in [0.2, 0.25) is 0 Å². The third-order valence-corrected chi connectivity index (χ3v) is 2.67. The van der Waals surface area contributed by atoms with Gasteiger partial charge < -0.3 is 14.6 Å². The summed E-state index contributed by atoms with van der Waals surface area (Å²) in [6, 6.07) is 11.9. The van der Waals surface area contributed by atoms with Crippen LogP contribution in [-0.2, 0) is 11.3 Å². The van der Waals surface area contributed by atoms with Gasteiger partial charge >= 0.3 is 0 Å². The number of fused-ring (bicyclic) bond motifs is 1. The van der Waals surface area contributed by atoms with Crippen LogP contribution in [0.1, 0.15) is 5.56 Å². The van der Waals surface area contributed by atoms with E-state index in [1.165, 1.54) is 0 Å². The van der Waals surface area contributed by atoms with Crippen LogP contribution < -0.4 is 4.74 Å². The van der Waals surface area contributed by atoms with Crippen molar-refractivity contribution >= 4 is 10.8 Å². The van der Waals surface area contributed by atoms with Crippen molar-refractivity contribution < 1.29 is 14.6 Å². The van der Waals surface area contributed by atoms with Crippen LogP contribution in [0.5, 0.6) is 5.75 Å². The predicted octanol–water partition coefficient (Wildman–Crippen LogP) is 2.36. The fourth-order valence-corrected chi connectivity index (χ4v) is 1.81. The van der Waals surface area contributed by atoms with Crippen LogP contribution in [0.25, 0.3) is 10.8 Å². The molecule has 0 aliphatic heterocycles. The largest absolute Gasteiger partial charge is 0.490 e. The number of hydrogen-bond donors (Lipinski definition) is 1. The van der Waals surface area contributed by atoms with Gasteiger partial charge in [0.15, 0.2) is 0 Å². The molecule has 0 aliphatic carbocycles. The van der Waals surface area contributed by atoms with Gasteiger partial charge in [0.05, 0.1) is 13.2 Å². The Morgan fingerprint density at radius 1 is 1.06 bits per heavy atom. The van der Waals surface area contributed by atoms with Crippen molar-refractivity contribution in [1.82, 2.24) is 0 Å². The Morgan fingerprint density at radius 3 is 2.65 bits per heavy atom. The number of ether oxygens (including phenoxy) is 2. The summed E-state index contributed by atoms with van der Waals surface area (Å²) in [5.41, 5.74) is 0.805. The molecule has 0 bridgehead atoms. The lowest BCUT2D eigenvalue weighted by Crippen LogP contribution is -2.06. The maximum atomic E-state index is 9.32. The molecule has 2 rings (SSSR count). The average molecular weight is 232 g/mol. The SMILES string of the molecule is COCCOc1c(CO)ccc2ccccc12. The zero-order valence-corrected chi connectivity index (χ0v) is 9.85. The summed E-state index contributed by atoms with van der Waals surface area (Å²) in [5, 5.41) is 11.5. The molecule has 0 unspecified atom stereocenters. The first kappa shape index (κ1) is 11.9. The topological polar surface area (TPSA) is 38.7 Å². The Morgan fingerprint density at radius 2 is 1.88 bits per heavy atom. The Hall–Kier alpha value is -1.58. The summed E-state index contributed by atoms with van der Waals surface area (Å²) in [5.74, 6) is 0.752. The van der Waals surface area contributed by atoms with Gasteiger partial charge in [-0.1, -0.05) is 36.4 Å². The normalized spacial score (nSPS) is 10.7. The van der Waals surface area contributed by atoms with Gasteiger partial charge in [0.2, 0.25) is 0 Å². The zero-order valence-electron chi connectivity index (χ0n) is 9.85. The van der Waals surface area contributed by atoms with Crippen molar-refractivity contribution in [2.75, 3.05) is 20.3 Å². The molecule has 0 spiro atoms. The van der Waals surface area contributed by atoms with Crippen LogP contribution in [0, 0.1) is 0 Å². The van der Waals surface area contributed by atoms with Gasteiger partial charge in [0, 0.05) is 18.1 Å². The molecular formula is C14H16O3. The minimum absolute atomic E-state index is 0.0207. The lowest BCUT2D eigenvalue weighted by atomic mass is 10.1. The molecule has 90 valence electrons. The highest BCUT2D eigenvalue weighted by molar-refractivity contribution is 5.89. The van der Waals surface area contributed by atoms with Gasteiger partial charge in [-0.05, 0) is 5.39 Å². The highest BCUT2D eigenvalue weighted by atomic mass is 16.5. The smallest absolute Gasteiger partial charge is 0.132 e. The number of methoxy groups -OCH3 is 1. The Kier molecular flexibility index (Phi) is 3.96. The molecule has 0 atom stereocenters. The minimum Gasteiger partial charge on any atom is -0.490 e. The summed E-state index contributed by atoms with van der Waals surface area (Å²) in [6.07, 6.45) is 0. The van der Waals surface area contributed by atoms with Crippen molar-refractivity contribution in [3.63, 3.8) is 0 Å². The van der Waals surface area contributed by atoms with Crippen LogP contribution in [0.4, 0.5) is 0 Å². The molecule has 0 fully saturated rings. The van der Waals surface area contributed by atoms with E-state index in [4.69, 9.17) is 9.47 Å². The van der Waals surface area contributed by atoms with Crippen molar-refractivity contribution in [3.05, 3.63) is 42.0 Å². The fraction of sp³-hybridized carbons (Fsp3) is 0.286. The van der Waals surface area contributed by atoms with Gasteiger partial charge in [0.1, 0.15) is 12.4 Å². The molecule has 3 heteroatoms. The average Bonchev–Trinajstić information content (AvgIpc) is 2.39. The lowest BCUT2D eigenvalue weighted by Gasteiger charge is -2.12. The summed E-state index contributed by atoms with van der Waals surface area (Å²) in [6.45, 7) is 0.999. The van der Waals surface area contributed by atoms with Crippen LogP contribution in [0.3, 0.4) is 0 Å². The molecule has 0 saturated heterocycles. The molecule has 0 saturated carbocycles. The maximum absolute atomic E-state index is 9.32. The van der Waals surface area contributed by atoms with Gasteiger partial charge in [0.25, 0.3) is 0 Å². The molecule has 2 aromatic carbocycles. The van der Waals surface area contributed by atoms with E-state index in [2.05, 4.69) is 0 Å². The highest BCUT2D eigenvalue weighted by Crippen LogP contribution is 2.29. The molecule has 0 radical (unpaired) electrons. The molecule has 0 aromatic heterocycles. The highest BCUT2D eigenvalue weighted by Gasteiger charge is 2.07. The molecule has 0 aliphatic rings. The predicted molar refractivity (Wildman–Crippen MR) is 67.2 cm³/mol. The molecule has 3 nitrogen and oxygen atoms in total. The van der Waals surface area contributed by atoms with Gasteiger partial charge in [-0.2, -0.15) is 0 Å². The van der Waals surface area contributed by atoms with E-state index < -0.39 is 0 Å². The first-order chi connectivity index (χ1) is 8.36. The standard InChI is InChI=1S/C14H16O3/c1-16-8-9-17-14-12(10-15)7-6-11-4-2-3-5-13(11)14/h2-7,15H,8-10H2,1H3. The van der Waals surface area contributed by atoms with Crippen molar-refractivity contribution in [2.45, 2.75) is 6.61 Å². The van der Waals surface area contributed by atoms with E-state index in [-0.39, 0.29) is 6.61 Å². The van der Waals surface area contributed by atoms with E-state index in [1.807, 2.05) is 36.4 Å². The number of hydrogen-bond acceptors (Lipinski definition) is 3. The number of aliphatic hydroxyl groups is 1. The Balaban J connectivity index is 2.40. The van der Waals surface area contributed by atoms with Gasteiger partial charge in [-0.25, -0.2) is 0 Å². The number of benzene rings is 2. The van der Waals surface area contributed by atoms with Crippen LogP contribution in [-0.4, -0.2) is 25.4 Å². The zero-order chi connectivity index (χ0) is 12.1. The second kappa shape index (κ2) is 5.66. The fourth-order valence-electron chi connectivity index (χ4n) is 1.81. The summed E-state index contributed by atoms with van der Waals surface area (Å²) < 4.78 is 10.7. The summed E-state index contributed by atoms with van der Waals surface area (Å²) in [4.78, 5) is 0. The van der Waals surface area contributed by atoms with Crippen LogP contribution in [0.15, 0.2) is 36.4 Å². The minimum atomic E-state index is -0.0207. The third-order valence-electron chi connectivity index (χ3n) is 2.67. The van der Waals surface area contributed by atoms with E-state index in [0.717, 1.165) is 22.1 Å². The molecular weight excluding hydrogens is 216 g/mol. The molecule has 0 heterocycles. The van der Waals surface area contributed by atoms with Crippen molar-refractivity contribution in [1.29, 1.82) is 0 Å². The quantitative estimate of drug-likeness (QED) is 0.804. The Labute approximate surface area is 101 Å². The third kappa shape index (κ3) is 2.57. The van der Waals surface area contributed by atoms with E-state index in [0.29, 0.717) is 13.2 Å². The first-order valence-corrected chi connectivity index (χ1v) is 5.60. The summed E-state index contributed by atoms with van der Waals surface area (Å²) >= 11 is 0. The monoisotopic (exact) mass is 232 g/mol. The molecule has 2 aromatic rings. The van der Waals surface area contributed by atoms with Crippen LogP contribution >= 0.6 is 0 Å². The number of rotatable bonds is 5. The van der Waals surface area contributed by atoms with Gasteiger partial charge in [-0.15, -0.1) is 0 Å². The number of aliphatic hydroxyl groups excluding tert-OH is 1. The maximum Gasteiger partial charge on any atom is 0.132 e.